The van der Waals surface area contributed by atoms with Gasteiger partial charge in [-0.15, -0.1) is 0 Å². The van der Waals surface area contributed by atoms with Crippen LogP contribution in [-0.4, -0.2) is 18.7 Å². The first kappa shape index (κ1) is 18.0. The minimum absolute atomic E-state index is 0.0228. The van der Waals surface area contributed by atoms with Gasteiger partial charge in [0.2, 0.25) is 0 Å². The van der Waals surface area contributed by atoms with E-state index in [2.05, 4.69) is 120 Å². The molecule has 4 nitrogen and oxygen atoms in total. The molecule has 0 radical (unpaired) electrons. The van der Waals surface area contributed by atoms with Crippen molar-refractivity contribution in [3.05, 3.63) is 102 Å². The van der Waals surface area contributed by atoms with Crippen LogP contribution in [0.2, 0.25) is 0 Å². The molecule has 0 amide bonds. The van der Waals surface area contributed by atoms with Crippen LogP contribution in [0.3, 0.4) is 0 Å². The number of fused-ring (bicyclic) bond motifs is 3. The van der Waals surface area contributed by atoms with Crippen molar-refractivity contribution in [2.24, 2.45) is 21.1 Å². The van der Waals surface area contributed by atoms with Crippen molar-refractivity contribution in [3.63, 3.8) is 0 Å². The largest absolute Gasteiger partial charge is 0.350 e. The van der Waals surface area contributed by atoms with Crippen LogP contribution in [0.1, 0.15) is 22.9 Å². The zero-order valence-corrected chi connectivity index (χ0v) is 17.9. The molecule has 0 N–H and O–H groups in total. The van der Waals surface area contributed by atoms with E-state index in [1.807, 2.05) is 0 Å². The molecule has 0 saturated heterocycles. The first-order valence-corrected chi connectivity index (χ1v) is 10.6. The Balaban J connectivity index is 1.73. The molecule has 6 rings (SSSR count). The lowest BCUT2D eigenvalue weighted by atomic mass is 9.90. The number of aromatic nitrogens is 4. The molecule has 0 fully saturated rings. The lowest BCUT2D eigenvalue weighted by molar-refractivity contribution is 0.779. The summed E-state index contributed by atoms with van der Waals surface area (Å²) in [5, 5.41) is 2.55. The van der Waals surface area contributed by atoms with Crippen LogP contribution in [0.5, 0.6) is 0 Å². The van der Waals surface area contributed by atoms with Gasteiger partial charge < -0.3 is 13.7 Å². The average molecular weight is 405 g/mol. The normalized spacial score (nSPS) is 12.0. The predicted molar refractivity (Wildman–Crippen MR) is 127 cm³/mol. The zero-order chi connectivity index (χ0) is 21.1. The van der Waals surface area contributed by atoms with Gasteiger partial charge in [0.15, 0.2) is 0 Å². The minimum Gasteiger partial charge on any atom is -0.350 e. The minimum atomic E-state index is 0.0228. The summed E-state index contributed by atoms with van der Waals surface area (Å²) < 4.78 is 6.71. The van der Waals surface area contributed by atoms with E-state index in [0.29, 0.717) is 0 Å². The predicted octanol–water partition coefficient (Wildman–Crippen LogP) is 5.74. The second-order valence-corrected chi connectivity index (χ2v) is 8.38. The Labute approximate surface area is 181 Å². The molecule has 0 aliphatic rings. The molecule has 31 heavy (non-hydrogen) atoms. The summed E-state index contributed by atoms with van der Waals surface area (Å²) >= 11 is 0. The number of nitrogens with zero attached hydrogens (tertiary/aromatic N) is 4. The molecule has 0 spiro atoms. The molecule has 0 unspecified atom stereocenters. The second kappa shape index (κ2) is 6.61. The van der Waals surface area contributed by atoms with Crippen LogP contribution < -0.4 is 0 Å². The standard InChI is InChI=1S/C27H24N4/c1-29-16-20(18-10-4-7-13-23(18)29)26(21-17-30(2)24-14-8-5-11-19(21)24)27-28-22-12-6-9-15-25(22)31(27)3/h4-17,26H,1-3H3. The molecule has 0 aliphatic carbocycles. The van der Waals surface area contributed by atoms with Gasteiger partial charge in [-0.1, -0.05) is 48.5 Å². The summed E-state index contributed by atoms with van der Waals surface area (Å²) in [6, 6.07) is 25.7. The highest BCUT2D eigenvalue weighted by Crippen LogP contribution is 2.40. The van der Waals surface area contributed by atoms with E-state index in [1.165, 1.54) is 32.9 Å². The summed E-state index contributed by atoms with van der Waals surface area (Å²) in [5.41, 5.74) is 7.23. The van der Waals surface area contributed by atoms with Gasteiger partial charge in [-0.3, -0.25) is 0 Å². The SMILES string of the molecule is Cn1cc(C(c2cn(C)c3ccccc23)c2nc3ccccc3n2C)c2ccccc21. The summed E-state index contributed by atoms with van der Waals surface area (Å²) in [5.74, 6) is 1.09. The quantitative estimate of drug-likeness (QED) is 0.370. The van der Waals surface area contributed by atoms with Crippen molar-refractivity contribution in [1.82, 2.24) is 18.7 Å². The van der Waals surface area contributed by atoms with Gasteiger partial charge >= 0.3 is 0 Å². The summed E-state index contributed by atoms with van der Waals surface area (Å²) in [6.45, 7) is 0. The maximum Gasteiger partial charge on any atom is 0.121 e. The van der Waals surface area contributed by atoms with E-state index in [1.54, 1.807) is 0 Å². The molecule has 4 heteroatoms. The molecule has 0 aliphatic heterocycles. The van der Waals surface area contributed by atoms with E-state index in [0.717, 1.165) is 16.9 Å². The van der Waals surface area contributed by atoms with Gasteiger partial charge in [-0.25, -0.2) is 4.98 Å². The van der Waals surface area contributed by atoms with Crippen LogP contribution in [0.4, 0.5) is 0 Å². The van der Waals surface area contributed by atoms with E-state index in [9.17, 15) is 0 Å². The summed E-state index contributed by atoms with van der Waals surface area (Å²) in [4.78, 5) is 5.14. The highest BCUT2D eigenvalue weighted by molar-refractivity contribution is 5.90. The molecule has 152 valence electrons. The first-order chi connectivity index (χ1) is 15.1. The van der Waals surface area contributed by atoms with Crippen LogP contribution in [0.25, 0.3) is 32.8 Å². The fraction of sp³-hybridized carbons (Fsp3) is 0.148. The Morgan fingerprint density at radius 3 is 1.65 bits per heavy atom. The highest BCUT2D eigenvalue weighted by atomic mass is 15.1. The number of benzene rings is 3. The van der Waals surface area contributed by atoms with Crippen molar-refractivity contribution in [2.75, 3.05) is 0 Å². The Hall–Kier alpha value is -3.79. The highest BCUT2D eigenvalue weighted by Gasteiger charge is 2.28. The van der Waals surface area contributed by atoms with Crippen molar-refractivity contribution >= 4 is 32.8 Å². The zero-order valence-electron chi connectivity index (χ0n) is 17.9. The lowest BCUT2D eigenvalue weighted by Gasteiger charge is -2.17. The van der Waals surface area contributed by atoms with E-state index in [4.69, 9.17) is 4.98 Å². The van der Waals surface area contributed by atoms with Crippen LogP contribution >= 0.6 is 0 Å². The van der Waals surface area contributed by atoms with E-state index in [-0.39, 0.29) is 5.92 Å². The van der Waals surface area contributed by atoms with Gasteiger partial charge in [-0.05, 0) is 35.4 Å². The van der Waals surface area contributed by atoms with Crippen LogP contribution in [-0.2, 0) is 21.1 Å². The number of aryl methyl sites for hydroxylation is 3. The third-order valence-corrected chi connectivity index (χ3v) is 6.56. The molecule has 3 heterocycles. The topological polar surface area (TPSA) is 27.7 Å². The maximum absolute atomic E-state index is 5.14. The van der Waals surface area contributed by atoms with Crippen molar-refractivity contribution in [3.8, 4) is 0 Å². The number of rotatable bonds is 3. The Morgan fingerprint density at radius 1 is 0.613 bits per heavy atom. The lowest BCUT2D eigenvalue weighted by Crippen LogP contribution is -2.09. The van der Waals surface area contributed by atoms with Gasteiger partial charge in [-0.2, -0.15) is 0 Å². The smallest absolute Gasteiger partial charge is 0.121 e. The Kier molecular flexibility index (Phi) is 3.84. The van der Waals surface area contributed by atoms with E-state index < -0.39 is 0 Å². The van der Waals surface area contributed by atoms with Crippen molar-refractivity contribution in [1.29, 1.82) is 0 Å². The molecule has 3 aromatic carbocycles. The fourth-order valence-corrected chi connectivity index (χ4v) is 5.07. The van der Waals surface area contributed by atoms with Crippen molar-refractivity contribution in [2.45, 2.75) is 5.92 Å². The third-order valence-electron chi connectivity index (χ3n) is 6.56. The van der Waals surface area contributed by atoms with E-state index >= 15 is 0 Å². The third kappa shape index (κ3) is 2.58. The summed E-state index contributed by atoms with van der Waals surface area (Å²) in [6.07, 6.45) is 4.55. The number of imidazole rings is 1. The number of hydrogen-bond acceptors (Lipinski definition) is 1. The monoisotopic (exact) mass is 404 g/mol. The molecule has 6 aromatic rings. The Morgan fingerprint density at radius 2 is 1.10 bits per heavy atom. The van der Waals surface area contributed by atoms with Gasteiger partial charge in [0.25, 0.3) is 0 Å². The van der Waals surface area contributed by atoms with Gasteiger partial charge in [0.05, 0.1) is 17.0 Å². The molecular weight excluding hydrogens is 380 g/mol. The van der Waals surface area contributed by atoms with Gasteiger partial charge in [0, 0.05) is 55.3 Å². The molecular formula is C27H24N4. The van der Waals surface area contributed by atoms with Crippen LogP contribution in [0, 0.1) is 0 Å². The summed E-state index contributed by atoms with van der Waals surface area (Å²) in [7, 11) is 6.38. The molecule has 0 atom stereocenters. The molecule has 0 bridgehead atoms. The number of hydrogen-bond donors (Lipinski definition) is 0. The van der Waals surface area contributed by atoms with Gasteiger partial charge in [0.1, 0.15) is 5.82 Å². The van der Waals surface area contributed by atoms with Crippen molar-refractivity contribution < 1.29 is 0 Å². The molecule has 3 aromatic heterocycles. The number of para-hydroxylation sites is 4. The second-order valence-electron chi connectivity index (χ2n) is 8.38. The first-order valence-electron chi connectivity index (χ1n) is 10.6. The Bertz CT molecular complexity index is 1500. The maximum atomic E-state index is 5.14. The van der Waals surface area contributed by atoms with Crippen LogP contribution in [0.15, 0.2) is 85.2 Å². The molecule has 0 saturated carbocycles. The average Bonchev–Trinajstić information content (AvgIpc) is 3.43. The fourth-order valence-electron chi connectivity index (χ4n) is 5.07.